The molecule has 0 aliphatic heterocycles. The van der Waals surface area contributed by atoms with Crippen LogP contribution in [0.1, 0.15) is 25.6 Å². The highest BCUT2D eigenvalue weighted by Crippen LogP contribution is 2.30. The summed E-state index contributed by atoms with van der Waals surface area (Å²) in [6.07, 6.45) is -4.49. The molecule has 0 radical (unpaired) electrons. The molecule has 1 aromatic heterocycles. The number of nitrogens with one attached hydrogen (secondary N) is 2. The molecule has 2 N–H and O–H groups in total. The van der Waals surface area contributed by atoms with Gasteiger partial charge < -0.3 is 10.6 Å². The van der Waals surface area contributed by atoms with Crippen LogP contribution in [0, 0.1) is 0 Å². The Bertz CT molecular complexity index is 969. The first kappa shape index (κ1) is 18.7. The number of hydrogen-bond donors (Lipinski definition) is 2. The molecule has 0 saturated heterocycles. The normalized spacial score (nSPS) is 11.1. The van der Waals surface area contributed by atoms with Crippen molar-refractivity contribution in [3.63, 3.8) is 0 Å². The molecule has 2 amide bonds. The van der Waals surface area contributed by atoms with Gasteiger partial charge in [0.2, 0.25) is 0 Å². The molecule has 0 bridgehead atoms. The van der Waals surface area contributed by atoms with E-state index < -0.39 is 17.6 Å². The molecule has 0 saturated carbocycles. The van der Waals surface area contributed by atoms with E-state index in [-0.39, 0.29) is 17.2 Å². The molecular formula is C19H13F3N2O2S. The van der Waals surface area contributed by atoms with Gasteiger partial charge in [0.1, 0.15) is 0 Å². The van der Waals surface area contributed by atoms with Gasteiger partial charge in [0, 0.05) is 16.9 Å². The molecule has 138 valence electrons. The maximum Gasteiger partial charge on any atom is 0.416 e. The quantitative estimate of drug-likeness (QED) is 0.637. The highest BCUT2D eigenvalue weighted by atomic mass is 32.1. The molecule has 0 unspecified atom stereocenters. The van der Waals surface area contributed by atoms with Crippen molar-refractivity contribution in [1.82, 2.24) is 0 Å². The Labute approximate surface area is 156 Å². The van der Waals surface area contributed by atoms with Crippen molar-refractivity contribution < 1.29 is 22.8 Å². The molecular weight excluding hydrogens is 377 g/mol. The standard InChI is InChI=1S/C19H13F3N2O2S/c20-19(21,22)13-5-2-7-15(11-13)23-17(25)12-4-1-6-14(10-12)24-18(26)16-8-3-9-27-16/h1-11H,(H,23,25)(H,24,26). The van der Waals surface area contributed by atoms with Gasteiger partial charge in [-0.1, -0.05) is 18.2 Å². The summed E-state index contributed by atoms with van der Waals surface area (Å²) in [6.45, 7) is 0. The van der Waals surface area contributed by atoms with Crippen LogP contribution in [-0.2, 0) is 6.18 Å². The molecule has 0 fully saturated rings. The van der Waals surface area contributed by atoms with Gasteiger partial charge in [-0.2, -0.15) is 13.2 Å². The van der Waals surface area contributed by atoms with Crippen molar-refractivity contribution in [3.05, 3.63) is 82.0 Å². The zero-order valence-electron chi connectivity index (χ0n) is 13.7. The number of rotatable bonds is 4. The first-order chi connectivity index (χ1) is 12.8. The van der Waals surface area contributed by atoms with E-state index in [9.17, 15) is 22.8 Å². The van der Waals surface area contributed by atoms with Crippen LogP contribution in [0.25, 0.3) is 0 Å². The summed E-state index contributed by atoms with van der Waals surface area (Å²) in [6, 6.07) is 13.9. The van der Waals surface area contributed by atoms with E-state index in [4.69, 9.17) is 0 Å². The van der Waals surface area contributed by atoms with E-state index in [0.717, 1.165) is 12.1 Å². The molecule has 1 heterocycles. The number of carbonyl (C=O) groups is 2. The summed E-state index contributed by atoms with van der Waals surface area (Å²) < 4.78 is 38.3. The molecule has 8 heteroatoms. The van der Waals surface area contributed by atoms with Gasteiger partial charge >= 0.3 is 6.18 Å². The van der Waals surface area contributed by atoms with Crippen LogP contribution in [0.4, 0.5) is 24.5 Å². The van der Waals surface area contributed by atoms with Crippen molar-refractivity contribution >= 4 is 34.5 Å². The van der Waals surface area contributed by atoms with E-state index in [2.05, 4.69) is 10.6 Å². The summed E-state index contributed by atoms with van der Waals surface area (Å²) in [5.74, 6) is -0.887. The third-order valence-corrected chi connectivity index (χ3v) is 4.44. The lowest BCUT2D eigenvalue weighted by Crippen LogP contribution is -2.14. The average molecular weight is 390 g/mol. The van der Waals surface area contributed by atoms with Crippen LogP contribution >= 0.6 is 11.3 Å². The van der Waals surface area contributed by atoms with Crippen molar-refractivity contribution in [2.45, 2.75) is 6.18 Å². The number of halogens is 3. The fourth-order valence-electron chi connectivity index (χ4n) is 2.32. The highest BCUT2D eigenvalue weighted by molar-refractivity contribution is 7.12. The fourth-order valence-corrected chi connectivity index (χ4v) is 2.93. The van der Waals surface area contributed by atoms with Crippen LogP contribution in [0.5, 0.6) is 0 Å². The van der Waals surface area contributed by atoms with Crippen molar-refractivity contribution in [1.29, 1.82) is 0 Å². The smallest absolute Gasteiger partial charge is 0.322 e. The predicted molar refractivity (Wildman–Crippen MR) is 98.1 cm³/mol. The van der Waals surface area contributed by atoms with Crippen LogP contribution in [-0.4, -0.2) is 11.8 Å². The first-order valence-electron chi connectivity index (χ1n) is 7.76. The number of hydrogen-bond acceptors (Lipinski definition) is 3. The second kappa shape index (κ2) is 7.63. The Hall–Kier alpha value is -3.13. The highest BCUT2D eigenvalue weighted by Gasteiger charge is 2.30. The van der Waals surface area contributed by atoms with Gasteiger partial charge in [-0.05, 0) is 47.8 Å². The van der Waals surface area contributed by atoms with E-state index in [0.29, 0.717) is 10.6 Å². The van der Waals surface area contributed by atoms with E-state index in [1.807, 2.05) is 0 Å². The van der Waals surface area contributed by atoms with Gasteiger partial charge in [-0.25, -0.2) is 0 Å². The van der Waals surface area contributed by atoms with Crippen LogP contribution < -0.4 is 10.6 Å². The van der Waals surface area contributed by atoms with Gasteiger partial charge in [0.25, 0.3) is 11.8 Å². The topological polar surface area (TPSA) is 58.2 Å². The molecule has 3 aromatic rings. The zero-order chi connectivity index (χ0) is 19.4. The molecule has 0 spiro atoms. The number of alkyl halides is 3. The molecule has 4 nitrogen and oxygen atoms in total. The Kier molecular flexibility index (Phi) is 5.27. The SMILES string of the molecule is O=C(Nc1cccc(C(F)(F)F)c1)c1cccc(NC(=O)c2cccs2)c1. The summed E-state index contributed by atoms with van der Waals surface area (Å²) in [5, 5.41) is 6.88. The molecule has 27 heavy (non-hydrogen) atoms. The van der Waals surface area contributed by atoms with E-state index >= 15 is 0 Å². The van der Waals surface area contributed by atoms with E-state index in [1.54, 1.807) is 29.6 Å². The van der Waals surface area contributed by atoms with Crippen molar-refractivity contribution in [2.24, 2.45) is 0 Å². The summed E-state index contributed by atoms with van der Waals surface area (Å²) in [7, 11) is 0. The Balaban J connectivity index is 1.73. The summed E-state index contributed by atoms with van der Waals surface area (Å²) >= 11 is 1.28. The van der Waals surface area contributed by atoms with Crippen molar-refractivity contribution in [3.8, 4) is 0 Å². The summed E-state index contributed by atoms with van der Waals surface area (Å²) in [4.78, 5) is 24.9. The first-order valence-corrected chi connectivity index (χ1v) is 8.64. The zero-order valence-corrected chi connectivity index (χ0v) is 14.5. The number of benzene rings is 2. The molecule has 2 aromatic carbocycles. The molecule has 0 atom stereocenters. The summed E-state index contributed by atoms with van der Waals surface area (Å²) in [5.41, 5.74) is -0.207. The van der Waals surface area contributed by atoms with Crippen LogP contribution in [0.3, 0.4) is 0 Å². The Morgan fingerprint density at radius 1 is 0.815 bits per heavy atom. The third kappa shape index (κ3) is 4.73. The van der Waals surface area contributed by atoms with Gasteiger partial charge in [0.15, 0.2) is 0 Å². The Morgan fingerprint density at radius 2 is 1.48 bits per heavy atom. The number of carbonyl (C=O) groups excluding carboxylic acids is 2. The molecule has 0 aliphatic rings. The second-order valence-corrected chi connectivity index (χ2v) is 6.49. The van der Waals surface area contributed by atoms with Crippen LogP contribution in [0.15, 0.2) is 66.0 Å². The molecule has 0 aliphatic carbocycles. The average Bonchev–Trinajstić information content (AvgIpc) is 3.16. The predicted octanol–water partition coefficient (Wildman–Crippen LogP) is 5.27. The van der Waals surface area contributed by atoms with Gasteiger partial charge in [-0.15, -0.1) is 11.3 Å². The Morgan fingerprint density at radius 3 is 2.15 bits per heavy atom. The lowest BCUT2D eigenvalue weighted by molar-refractivity contribution is -0.137. The lowest BCUT2D eigenvalue weighted by atomic mass is 10.1. The third-order valence-electron chi connectivity index (χ3n) is 3.58. The lowest BCUT2D eigenvalue weighted by Gasteiger charge is -2.10. The minimum Gasteiger partial charge on any atom is -0.322 e. The van der Waals surface area contributed by atoms with E-state index in [1.165, 1.54) is 35.6 Å². The monoisotopic (exact) mass is 390 g/mol. The minimum absolute atomic E-state index is 0.0304. The maximum atomic E-state index is 12.8. The largest absolute Gasteiger partial charge is 0.416 e. The fraction of sp³-hybridized carbons (Fsp3) is 0.0526. The second-order valence-electron chi connectivity index (χ2n) is 5.54. The molecule has 3 rings (SSSR count). The maximum absolute atomic E-state index is 12.8. The number of anilines is 2. The van der Waals surface area contributed by atoms with Crippen molar-refractivity contribution in [2.75, 3.05) is 10.6 Å². The van der Waals surface area contributed by atoms with Gasteiger partial charge in [-0.3, -0.25) is 9.59 Å². The van der Waals surface area contributed by atoms with Gasteiger partial charge in [0.05, 0.1) is 10.4 Å². The number of thiophene rings is 1. The number of amides is 2. The minimum atomic E-state index is -4.49. The van der Waals surface area contributed by atoms with Crippen LogP contribution in [0.2, 0.25) is 0 Å².